The predicted octanol–water partition coefficient (Wildman–Crippen LogP) is 3.07. The second kappa shape index (κ2) is 6.90. The van der Waals surface area contributed by atoms with Crippen LogP contribution in [0.2, 0.25) is 0 Å². The van der Waals surface area contributed by atoms with Crippen molar-refractivity contribution >= 4 is 39.5 Å². The number of hydrogen-bond donors (Lipinski definition) is 2. The van der Waals surface area contributed by atoms with Crippen LogP contribution < -0.4 is 10.2 Å². The summed E-state index contributed by atoms with van der Waals surface area (Å²) < 4.78 is 4.37. The number of rotatable bonds is 4. The number of urea groups is 1. The molecule has 3 aliphatic rings. The van der Waals surface area contributed by atoms with E-state index in [1.165, 1.54) is 24.4 Å². The summed E-state index contributed by atoms with van der Waals surface area (Å²) in [5, 5.41) is 4.63. The Balaban J connectivity index is 1.08. The molecule has 0 radical (unpaired) electrons. The highest BCUT2D eigenvalue weighted by Crippen LogP contribution is 2.42. The highest BCUT2D eigenvalue weighted by atomic mass is 32.1. The van der Waals surface area contributed by atoms with Gasteiger partial charge in [0.25, 0.3) is 0 Å². The predicted molar refractivity (Wildman–Crippen MR) is 115 cm³/mol. The Labute approximate surface area is 178 Å². The quantitative estimate of drug-likeness (QED) is 0.667. The molecule has 9 nitrogen and oxygen atoms in total. The first-order valence-electron chi connectivity index (χ1n) is 10.6. The molecule has 1 saturated heterocycles. The number of carbonyl (C=O) groups excluding carboxylic acids is 1. The topological polar surface area (TPSA) is 103 Å². The van der Waals surface area contributed by atoms with Gasteiger partial charge in [-0.3, -0.25) is 5.32 Å². The van der Waals surface area contributed by atoms with Crippen LogP contribution in [-0.4, -0.2) is 61.4 Å². The third-order valence-corrected chi connectivity index (χ3v) is 7.47. The minimum atomic E-state index is -0.0439. The smallest absolute Gasteiger partial charge is 0.323 e. The second-order valence-electron chi connectivity index (χ2n) is 8.76. The maximum atomic E-state index is 12.7. The van der Waals surface area contributed by atoms with Gasteiger partial charge in [-0.1, -0.05) is 0 Å². The van der Waals surface area contributed by atoms with Gasteiger partial charge in [-0.05, 0) is 43.6 Å². The molecule has 0 aromatic carbocycles. The summed E-state index contributed by atoms with van der Waals surface area (Å²) in [6, 6.07) is 2.42. The lowest BCUT2D eigenvalue weighted by Gasteiger charge is -2.27. The molecule has 6 rings (SSSR count). The van der Waals surface area contributed by atoms with Crippen molar-refractivity contribution in [2.24, 2.45) is 11.8 Å². The second-order valence-corrected chi connectivity index (χ2v) is 9.51. The van der Waals surface area contributed by atoms with Crippen molar-refractivity contribution < 1.29 is 4.79 Å². The van der Waals surface area contributed by atoms with Crippen LogP contribution in [-0.2, 0) is 0 Å². The van der Waals surface area contributed by atoms with Crippen LogP contribution >= 0.6 is 11.5 Å². The normalized spacial score (nSPS) is 25.6. The third kappa shape index (κ3) is 3.10. The molecule has 0 spiro atoms. The molecular weight excluding hydrogens is 400 g/mol. The number of H-pyrrole nitrogens is 1. The molecule has 2 aliphatic carbocycles. The number of aromatic amines is 1. The number of aromatic nitrogens is 5. The molecule has 2 amide bonds. The Bertz CT molecular complexity index is 1080. The largest absolute Gasteiger partial charge is 0.356 e. The van der Waals surface area contributed by atoms with Crippen molar-refractivity contribution in [1.82, 2.24) is 29.2 Å². The summed E-state index contributed by atoms with van der Waals surface area (Å²) >= 11 is 1.29. The minimum absolute atomic E-state index is 0.0439. The zero-order valence-electron chi connectivity index (χ0n) is 16.8. The van der Waals surface area contributed by atoms with Crippen molar-refractivity contribution in [3.05, 3.63) is 24.4 Å². The van der Waals surface area contributed by atoms with Gasteiger partial charge in [0.05, 0.1) is 5.39 Å². The first-order chi connectivity index (χ1) is 14.7. The Morgan fingerprint density at radius 3 is 2.83 bits per heavy atom. The van der Waals surface area contributed by atoms with Crippen molar-refractivity contribution in [3.8, 4) is 0 Å². The number of carbonyl (C=O) groups is 1. The number of anilines is 2. The van der Waals surface area contributed by atoms with E-state index in [2.05, 4.69) is 41.6 Å². The summed E-state index contributed by atoms with van der Waals surface area (Å²) in [5.74, 6) is 3.44. The summed E-state index contributed by atoms with van der Waals surface area (Å²) in [5.41, 5.74) is 0.870. The molecule has 2 N–H and O–H groups in total. The van der Waals surface area contributed by atoms with E-state index < -0.39 is 0 Å². The van der Waals surface area contributed by atoms with Gasteiger partial charge < -0.3 is 14.8 Å². The summed E-state index contributed by atoms with van der Waals surface area (Å²) in [7, 11) is 2.12. The fourth-order valence-electron chi connectivity index (χ4n) is 5.03. The molecule has 3 aromatic rings. The van der Waals surface area contributed by atoms with Gasteiger partial charge in [-0.25, -0.2) is 19.7 Å². The van der Waals surface area contributed by atoms with Crippen molar-refractivity contribution in [3.63, 3.8) is 0 Å². The van der Waals surface area contributed by atoms with Crippen LogP contribution in [0.5, 0.6) is 0 Å². The lowest BCUT2D eigenvalue weighted by molar-refractivity contribution is 0.218. The third-order valence-electron chi connectivity index (χ3n) is 6.83. The zero-order valence-corrected chi connectivity index (χ0v) is 17.6. The highest BCUT2D eigenvalue weighted by molar-refractivity contribution is 7.09. The van der Waals surface area contributed by atoms with Crippen LogP contribution in [0.15, 0.2) is 18.6 Å². The molecule has 2 unspecified atom stereocenters. The molecule has 156 valence electrons. The van der Waals surface area contributed by atoms with Gasteiger partial charge in [0.2, 0.25) is 5.13 Å². The molecule has 2 saturated carbocycles. The van der Waals surface area contributed by atoms with Crippen LogP contribution in [0.3, 0.4) is 0 Å². The van der Waals surface area contributed by atoms with E-state index in [9.17, 15) is 4.79 Å². The lowest BCUT2D eigenvalue weighted by atomic mass is 10.0. The average molecular weight is 425 g/mol. The van der Waals surface area contributed by atoms with Gasteiger partial charge in [0.1, 0.15) is 23.6 Å². The first kappa shape index (κ1) is 18.1. The average Bonchev–Trinajstić information content (AvgIpc) is 3.12. The Morgan fingerprint density at radius 2 is 2.07 bits per heavy atom. The van der Waals surface area contributed by atoms with E-state index in [1.54, 1.807) is 6.33 Å². The number of nitrogens with zero attached hydrogens (tertiary/aromatic N) is 6. The Kier molecular flexibility index (Phi) is 4.15. The van der Waals surface area contributed by atoms with Crippen molar-refractivity contribution in [2.75, 3.05) is 30.4 Å². The highest BCUT2D eigenvalue weighted by Gasteiger charge is 2.44. The Hall–Kier alpha value is -2.75. The maximum absolute atomic E-state index is 12.7. The number of likely N-dealkylation sites (tertiary alicyclic amines) is 1. The zero-order chi connectivity index (χ0) is 20.2. The lowest BCUT2D eigenvalue weighted by Crippen LogP contribution is -2.36. The first-order valence-corrected chi connectivity index (χ1v) is 11.3. The molecule has 10 heteroatoms. The fourth-order valence-corrected chi connectivity index (χ4v) is 5.66. The monoisotopic (exact) mass is 424 g/mol. The van der Waals surface area contributed by atoms with Gasteiger partial charge >= 0.3 is 6.03 Å². The number of hydrogen-bond acceptors (Lipinski definition) is 7. The van der Waals surface area contributed by atoms with E-state index in [0.717, 1.165) is 48.6 Å². The van der Waals surface area contributed by atoms with Crippen molar-refractivity contribution in [1.29, 1.82) is 0 Å². The van der Waals surface area contributed by atoms with Crippen LogP contribution in [0, 0.1) is 11.8 Å². The van der Waals surface area contributed by atoms with E-state index in [0.29, 0.717) is 28.9 Å². The molecule has 30 heavy (non-hydrogen) atoms. The van der Waals surface area contributed by atoms with Gasteiger partial charge in [0, 0.05) is 49.8 Å². The number of nitrogens with one attached hydrogen (secondary N) is 2. The minimum Gasteiger partial charge on any atom is -0.356 e. The van der Waals surface area contributed by atoms with Crippen LogP contribution in [0.1, 0.15) is 37.4 Å². The Morgan fingerprint density at radius 1 is 1.27 bits per heavy atom. The molecule has 3 aromatic heterocycles. The fraction of sp³-hybridized carbons (Fsp3) is 0.550. The molecular formula is C20H24N8OS. The van der Waals surface area contributed by atoms with Crippen molar-refractivity contribution in [2.45, 2.75) is 37.6 Å². The van der Waals surface area contributed by atoms with E-state index in [1.807, 2.05) is 17.2 Å². The molecule has 3 fully saturated rings. The van der Waals surface area contributed by atoms with Gasteiger partial charge in [-0.2, -0.15) is 4.37 Å². The standard InChI is InChI=1S/C20H24N8OS/c1-27(18-15-4-5-21-17(15)22-10-23-18)14-6-12-8-28(9-13(12)7-14)20(29)25-19-24-16(26-30-19)11-2-3-11/h4-5,10-14H,2-3,6-9H2,1H3,(H,21,22,23)(H,24,25,26,29)/t12-,13?,14?/m1/s1. The van der Waals surface area contributed by atoms with Gasteiger partial charge in [0.15, 0.2) is 0 Å². The van der Waals surface area contributed by atoms with Crippen LogP contribution in [0.25, 0.3) is 11.0 Å². The van der Waals surface area contributed by atoms with Crippen LogP contribution in [0.4, 0.5) is 15.7 Å². The summed E-state index contributed by atoms with van der Waals surface area (Å²) in [6.07, 6.45) is 8.01. The van der Waals surface area contributed by atoms with E-state index >= 15 is 0 Å². The molecule has 1 aliphatic heterocycles. The number of amides is 2. The molecule has 0 bridgehead atoms. The van der Waals surface area contributed by atoms with E-state index in [4.69, 9.17) is 0 Å². The maximum Gasteiger partial charge on any atom is 0.323 e. The summed E-state index contributed by atoms with van der Waals surface area (Å²) in [4.78, 5) is 33.4. The molecule has 4 heterocycles. The summed E-state index contributed by atoms with van der Waals surface area (Å²) in [6.45, 7) is 1.61. The van der Waals surface area contributed by atoms with Gasteiger partial charge in [-0.15, -0.1) is 0 Å². The number of fused-ring (bicyclic) bond motifs is 2. The molecule has 3 atom stereocenters. The van der Waals surface area contributed by atoms with E-state index in [-0.39, 0.29) is 6.03 Å². The SMILES string of the molecule is CN(c1ncnc2[nH]ccc12)C1CC2CN(C(=O)Nc3nc(C4CC4)ns3)C[C@H]2C1.